The number of carboxylic acid groups (broad SMARTS) is 1. The van der Waals surface area contributed by atoms with Gasteiger partial charge < -0.3 is 14.9 Å². The van der Waals surface area contributed by atoms with Gasteiger partial charge in [-0.1, -0.05) is 35.3 Å². The Labute approximate surface area is 125 Å². The molecule has 2 aromatic carbocycles. The number of aromatic hydroxyl groups is 1. The summed E-state index contributed by atoms with van der Waals surface area (Å²) in [5.41, 5.74) is 0.191. The second-order valence-corrected chi connectivity index (χ2v) is 4.89. The average Bonchev–Trinajstić information content (AvgIpc) is 2.36. The van der Waals surface area contributed by atoms with Crippen molar-refractivity contribution in [1.82, 2.24) is 0 Å². The van der Waals surface area contributed by atoms with E-state index in [1.54, 1.807) is 24.3 Å². The number of hydrogen-bond donors (Lipinski definition) is 2. The number of hydrogen-bond acceptors (Lipinski definition) is 3. The van der Waals surface area contributed by atoms with Gasteiger partial charge in [0.1, 0.15) is 23.7 Å². The minimum atomic E-state index is -1.20. The fourth-order valence-electron chi connectivity index (χ4n) is 1.65. The average molecular weight is 313 g/mol. The lowest BCUT2D eigenvalue weighted by Crippen LogP contribution is -2.01. The van der Waals surface area contributed by atoms with Gasteiger partial charge in [0, 0.05) is 15.6 Å². The molecular formula is C14H10Cl2O4. The standard InChI is InChI=1S/C14H10Cl2O4/c15-9-4-10(16)6-11(5-9)20-7-8-2-1-3-12(13(8)17)14(18)19/h1-6,17H,7H2,(H,18,19). The highest BCUT2D eigenvalue weighted by Crippen LogP contribution is 2.27. The first-order valence-electron chi connectivity index (χ1n) is 5.60. The van der Waals surface area contributed by atoms with E-state index in [1.165, 1.54) is 12.1 Å². The van der Waals surface area contributed by atoms with Crippen molar-refractivity contribution >= 4 is 29.2 Å². The molecule has 0 aliphatic heterocycles. The minimum Gasteiger partial charge on any atom is -0.507 e. The molecule has 0 amide bonds. The normalized spacial score (nSPS) is 10.3. The van der Waals surface area contributed by atoms with E-state index in [-0.39, 0.29) is 17.9 Å². The molecule has 0 bridgehead atoms. The monoisotopic (exact) mass is 312 g/mol. The quantitative estimate of drug-likeness (QED) is 0.896. The summed E-state index contributed by atoms with van der Waals surface area (Å²) in [6.45, 7) is 0.00360. The van der Waals surface area contributed by atoms with Gasteiger partial charge in [-0.05, 0) is 24.3 Å². The first-order chi connectivity index (χ1) is 9.47. The molecule has 104 valence electrons. The zero-order chi connectivity index (χ0) is 14.7. The SMILES string of the molecule is O=C(O)c1cccc(COc2cc(Cl)cc(Cl)c2)c1O. The summed E-state index contributed by atoms with van der Waals surface area (Å²) in [5.74, 6) is -1.08. The van der Waals surface area contributed by atoms with Crippen LogP contribution < -0.4 is 4.74 Å². The lowest BCUT2D eigenvalue weighted by atomic mass is 10.1. The molecule has 2 aromatic rings. The molecule has 4 nitrogen and oxygen atoms in total. The van der Waals surface area contributed by atoms with Crippen LogP contribution in [0.3, 0.4) is 0 Å². The maximum Gasteiger partial charge on any atom is 0.339 e. The fraction of sp³-hybridized carbons (Fsp3) is 0.0714. The molecule has 2 N–H and O–H groups in total. The van der Waals surface area contributed by atoms with Gasteiger partial charge in [-0.15, -0.1) is 0 Å². The Bertz CT molecular complexity index is 635. The highest BCUT2D eigenvalue weighted by molar-refractivity contribution is 6.34. The van der Waals surface area contributed by atoms with E-state index >= 15 is 0 Å². The number of aromatic carboxylic acids is 1. The van der Waals surface area contributed by atoms with E-state index in [2.05, 4.69) is 0 Å². The van der Waals surface area contributed by atoms with E-state index in [1.807, 2.05) is 0 Å². The number of benzene rings is 2. The summed E-state index contributed by atoms with van der Waals surface area (Å²) in [4.78, 5) is 10.9. The van der Waals surface area contributed by atoms with Crippen molar-refractivity contribution in [1.29, 1.82) is 0 Å². The van der Waals surface area contributed by atoms with Crippen molar-refractivity contribution in [2.24, 2.45) is 0 Å². The Hall–Kier alpha value is -1.91. The van der Waals surface area contributed by atoms with E-state index in [0.717, 1.165) is 0 Å². The fourth-order valence-corrected chi connectivity index (χ4v) is 2.16. The van der Waals surface area contributed by atoms with Crippen LogP contribution in [0.4, 0.5) is 0 Å². The van der Waals surface area contributed by atoms with Crippen LogP contribution in [0.1, 0.15) is 15.9 Å². The third kappa shape index (κ3) is 3.35. The van der Waals surface area contributed by atoms with Crippen LogP contribution in [-0.2, 0) is 6.61 Å². The Balaban J connectivity index is 2.19. The summed E-state index contributed by atoms with van der Waals surface area (Å²) in [5, 5.41) is 19.6. The van der Waals surface area contributed by atoms with Crippen LogP contribution in [-0.4, -0.2) is 16.2 Å². The van der Waals surface area contributed by atoms with Gasteiger partial charge in [-0.2, -0.15) is 0 Å². The largest absolute Gasteiger partial charge is 0.507 e. The summed E-state index contributed by atoms with van der Waals surface area (Å²) >= 11 is 11.7. The first-order valence-corrected chi connectivity index (χ1v) is 6.36. The van der Waals surface area contributed by atoms with Crippen molar-refractivity contribution in [3.05, 3.63) is 57.6 Å². The third-order valence-electron chi connectivity index (χ3n) is 2.58. The molecule has 0 unspecified atom stereocenters. The van der Waals surface area contributed by atoms with Crippen molar-refractivity contribution in [2.75, 3.05) is 0 Å². The summed E-state index contributed by atoms with van der Waals surface area (Å²) in [7, 11) is 0. The number of halogens is 2. The molecule has 2 rings (SSSR count). The second kappa shape index (κ2) is 6.03. The molecule has 0 fully saturated rings. The number of carbonyl (C=O) groups is 1. The van der Waals surface area contributed by atoms with Crippen molar-refractivity contribution in [3.63, 3.8) is 0 Å². The zero-order valence-electron chi connectivity index (χ0n) is 10.1. The van der Waals surface area contributed by atoms with Gasteiger partial charge in [0.2, 0.25) is 0 Å². The molecule has 0 aliphatic rings. The first kappa shape index (κ1) is 14.5. The highest BCUT2D eigenvalue weighted by atomic mass is 35.5. The van der Waals surface area contributed by atoms with Crippen LogP contribution in [0.2, 0.25) is 10.0 Å². The molecule has 0 atom stereocenters. The molecular weight excluding hydrogens is 303 g/mol. The van der Waals surface area contributed by atoms with Crippen LogP contribution >= 0.6 is 23.2 Å². The number of carboxylic acids is 1. The lowest BCUT2D eigenvalue weighted by Gasteiger charge is -2.10. The van der Waals surface area contributed by atoms with Gasteiger partial charge in [0.25, 0.3) is 0 Å². The molecule has 0 saturated heterocycles. The molecule has 0 saturated carbocycles. The van der Waals surface area contributed by atoms with Crippen molar-refractivity contribution in [2.45, 2.75) is 6.61 Å². The van der Waals surface area contributed by atoms with E-state index < -0.39 is 5.97 Å². The maximum absolute atomic E-state index is 10.9. The number of phenols is 1. The highest BCUT2D eigenvalue weighted by Gasteiger charge is 2.13. The van der Waals surface area contributed by atoms with Crippen LogP contribution in [0.5, 0.6) is 11.5 Å². The van der Waals surface area contributed by atoms with Crippen molar-refractivity contribution in [3.8, 4) is 11.5 Å². The Morgan fingerprint density at radius 1 is 1.15 bits per heavy atom. The Kier molecular flexibility index (Phi) is 4.37. The van der Waals surface area contributed by atoms with E-state index in [4.69, 9.17) is 33.0 Å². The summed E-state index contributed by atoms with van der Waals surface area (Å²) in [6, 6.07) is 9.15. The molecule has 0 aliphatic carbocycles. The van der Waals surface area contributed by atoms with Crippen LogP contribution in [0.25, 0.3) is 0 Å². The minimum absolute atomic E-state index is 0.00360. The van der Waals surface area contributed by atoms with Crippen LogP contribution in [0.15, 0.2) is 36.4 Å². The molecule has 20 heavy (non-hydrogen) atoms. The lowest BCUT2D eigenvalue weighted by molar-refractivity contribution is 0.0693. The maximum atomic E-state index is 10.9. The van der Waals surface area contributed by atoms with Gasteiger partial charge in [-0.3, -0.25) is 0 Å². The topological polar surface area (TPSA) is 66.8 Å². The molecule has 0 heterocycles. The second-order valence-electron chi connectivity index (χ2n) is 4.01. The predicted molar refractivity (Wildman–Crippen MR) is 75.9 cm³/mol. The van der Waals surface area contributed by atoms with E-state index in [9.17, 15) is 9.90 Å². The van der Waals surface area contributed by atoms with Crippen molar-refractivity contribution < 1.29 is 19.7 Å². The summed E-state index contributed by atoms with van der Waals surface area (Å²) in [6.07, 6.45) is 0. The summed E-state index contributed by atoms with van der Waals surface area (Å²) < 4.78 is 5.45. The Morgan fingerprint density at radius 2 is 1.80 bits per heavy atom. The van der Waals surface area contributed by atoms with Gasteiger partial charge in [-0.25, -0.2) is 4.79 Å². The smallest absolute Gasteiger partial charge is 0.339 e. The number of para-hydroxylation sites is 1. The predicted octanol–water partition coefficient (Wildman–Crippen LogP) is 3.98. The van der Waals surface area contributed by atoms with E-state index in [0.29, 0.717) is 21.4 Å². The zero-order valence-corrected chi connectivity index (χ0v) is 11.6. The third-order valence-corrected chi connectivity index (χ3v) is 3.02. The van der Waals surface area contributed by atoms with Gasteiger partial charge in [0.15, 0.2) is 0 Å². The number of rotatable bonds is 4. The van der Waals surface area contributed by atoms with Crippen LogP contribution in [0, 0.1) is 0 Å². The Morgan fingerprint density at radius 3 is 2.40 bits per heavy atom. The number of ether oxygens (including phenoxy) is 1. The van der Waals surface area contributed by atoms with Gasteiger partial charge in [0.05, 0.1) is 0 Å². The molecule has 0 aromatic heterocycles. The molecule has 6 heteroatoms. The van der Waals surface area contributed by atoms with Gasteiger partial charge >= 0.3 is 5.97 Å². The molecule has 0 spiro atoms. The molecule has 0 radical (unpaired) electrons.